The molecule has 1 aromatic heterocycles. The first-order chi connectivity index (χ1) is 13.9. The van der Waals surface area contributed by atoms with E-state index >= 15 is 0 Å². The fraction of sp³-hybridized carbons (Fsp3) is 0.250. The summed E-state index contributed by atoms with van der Waals surface area (Å²) in [6, 6.07) is 6.81. The Morgan fingerprint density at radius 3 is 2.45 bits per heavy atom. The van der Waals surface area contributed by atoms with Crippen molar-refractivity contribution in [3.63, 3.8) is 0 Å². The Hall–Kier alpha value is -3.36. The number of amides is 1. The highest BCUT2D eigenvalue weighted by molar-refractivity contribution is 5.87. The van der Waals surface area contributed by atoms with Gasteiger partial charge in [0.25, 0.3) is 5.56 Å². The lowest BCUT2D eigenvalue weighted by molar-refractivity contribution is -0.116. The SMILES string of the molecule is O=C(Cc1cc(F)cc(F)c1)Nn1c(N2CCCC2)nc2c(F)cccc2c1=O. The van der Waals surface area contributed by atoms with Crippen LogP contribution in [0.1, 0.15) is 18.4 Å². The monoisotopic (exact) mass is 402 g/mol. The number of carbonyl (C=O) groups is 1. The van der Waals surface area contributed by atoms with Gasteiger partial charge in [0.1, 0.15) is 23.0 Å². The summed E-state index contributed by atoms with van der Waals surface area (Å²) in [7, 11) is 0. The van der Waals surface area contributed by atoms with Gasteiger partial charge < -0.3 is 4.90 Å². The second-order valence-electron chi connectivity index (χ2n) is 6.87. The summed E-state index contributed by atoms with van der Waals surface area (Å²) in [6.45, 7) is 1.22. The fourth-order valence-electron chi connectivity index (χ4n) is 3.46. The number of hydrogen-bond acceptors (Lipinski definition) is 4. The van der Waals surface area contributed by atoms with E-state index < -0.39 is 28.9 Å². The molecule has 2 aromatic carbocycles. The molecule has 3 aromatic rings. The Bertz CT molecular complexity index is 1140. The van der Waals surface area contributed by atoms with Crippen LogP contribution in [0.4, 0.5) is 19.1 Å². The topological polar surface area (TPSA) is 67.2 Å². The first-order valence-electron chi connectivity index (χ1n) is 9.13. The Labute approximate surface area is 163 Å². The second kappa shape index (κ2) is 7.57. The number of halogens is 3. The van der Waals surface area contributed by atoms with Crippen molar-refractivity contribution >= 4 is 22.8 Å². The van der Waals surface area contributed by atoms with Crippen LogP contribution in [0.25, 0.3) is 10.9 Å². The van der Waals surface area contributed by atoms with Crippen LogP contribution in [0.15, 0.2) is 41.2 Å². The molecule has 150 valence electrons. The molecule has 1 aliphatic rings. The molecule has 6 nitrogen and oxygen atoms in total. The van der Waals surface area contributed by atoms with Crippen molar-refractivity contribution in [3.05, 3.63) is 69.8 Å². The zero-order valence-corrected chi connectivity index (χ0v) is 15.3. The lowest BCUT2D eigenvalue weighted by atomic mass is 10.1. The molecule has 1 amide bonds. The van der Waals surface area contributed by atoms with E-state index in [2.05, 4.69) is 10.4 Å². The minimum Gasteiger partial charge on any atom is -0.341 e. The molecule has 0 bridgehead atoms. The van der Waals surface area contributed by atoms with Crippen molar-refractivity contribution in [3.8, 4) is 0 Å². The molecule has 0 unspecified atom stereocenters. The van der Waals surface area contributed by atoms with Crippen molar-refractivity contribution < 1.29 is 18.0 Å². The van der Waals surface area contributed by atoms with Gasteiger partial charge >= 0.3 is 0 Å². The van der Waals surface area contributed by atoms with Gasteiger partial charge in [-0.25, -0.2) is 18.2 Å². The van der Waals surface area contributed by atoms with E-state index in [4.69, 9.17) is 0 Å². The van der Waals surface area contributed by atoms with Crippen LogP contribution in [0.3, 0.4) is 0 Å². The smallest absolute Gasteiger partial charge is 0.281 e. The predicted octanol–water partition coefficient (Wildman–Crippen LogP) is 2.73. The molecule has 1 fully saturated rings. The fourth-order valence-corrected chi connectivity index (χ4v) is 3.46. The molecule has 4 rings (SSSR count). The summed E-state index contributed by atoms with van der Waals surface area (Å²) in [5, 5.41) is 0.0186. The lowest BCUT2D eigenvalue weighted by Gasteiger charge is -2.22. The van der Waals surface area contributed by atoms with Gasteiger partial charge in [-0.3, -0.25) is 15.0 Å². The van der Waals surface area contributed by atoms with E-state index in [1.807, 2.05) is 0 Å². The van der Waals surface area contributed by atoms with Crippen molar-refractivity contribution in [2.45, 2.75) is 19.3 Å². The Kier molecular flexibility index (Phi) is 4.96. The number of nitrogens with zero attached hydrogens (tertiary/aromatic N) is 3. The van der Waals surface area contributed by atoms with Crippen LogP contribution in [0, 0.1) is 17.5 Å². The Morgan fingerprint density at radius 2 is 1.76 bits per heavy atom. The summed E-state index contributed by atoms with van der Waals surface area (Å²) < 4.78 is 41.9. The van der Waals surface area contributed by atoms with Crippen LogP contribution in [0.2, 0.25) is 0 Å². The average molecular weight is 402 g/mol. The van der Waals surface area contributed by atoms with E-state index in [0.29, 0.717) is 19.2 Å². The maximum absolute atomic E-state index is 14.2. The number of aromatic nitrogens is 2. The number of nitrogens with one attached hydrogen (secondary N) is 1. The molecule has 1 aliphatic heterocycles. The maximum atomic E-state index is 14.2. The second-order valence-corrected chi connectivity index (χ2v) is 6.87. The summed E-state index contributed by atoms with van der Waals surface area (Å²) in [5.41, 5.74) is 1.87. The van der Waals surface area contributed by atoms with Gasteiger partial charge in [0.15, 0.2) is 0 Å². The van der Waals surface area contributed by atoms with Gasteiger partial charge in [-0.05, 0) is 42.7 Å². The summed E-state index contributed by atoms with van der Waals surface area (Å²) >= 11 is 0. The molecular weight excluding hydrogens is 385 g/mol. The van der Waals surface area contributed by atoms with Crippen LogP contribution in [0.5, 0.6) is 0 Å². The first kappa shape index (κ1) is 19.0. The number of carbonyl (C=O) groups excluding carboxylic acids is 1. The number of hydrogen-bond donors (Lipinski definition) is 1. The molecule has 0 spiro atoms. The van der Waals surface area contributed by atoms with Gasteiger partial charge in [-0.1, -0.05) is 6.07 Å². The average Bonchev–Trinajstić information content (AvgIpc) is 3.18. The number of rotatable bonds is 4. The molecule has 0 aliphatic carbocycles. The summed E-state index contributed by atoms with van der Waals surface area (Å²) in [4.78, 5) is 31.5. The van der Waals surface area contributed by atoms with Crippen LogP contribution < -0.4 is 15.9 Å². The lowest BCUT2D eigenvalue weighted by Crippen LogP contribution is -2.39. The van der Waals surface area contributed by atoms with Crippen molar-refractivity contribution in [2.75, 3.05) is 23.4 Å². The highest BCUT2D eigenvalue weighted by atomic mass is 19.1. The zero-order valence-electron chi connectivity index (χ0n) is 15.3. The summed E-state index contributed by atoms with van der Waals surface area (Å²) in [6.07, 6.45) is 1.41. The standard InChI is InChI=1S/C20H17F3N4O2/c21-13-8-12(9-14(22)11-13)10-17(28)25-27-19(29)15-4-3-5-16(23)18(15)24-20(27)26-6-1-2-7-26/h3-5,8-9,11H,1-2,6-7,10H2,(H,25,28). The van der Waals surface area contributed by atoms with Gasteiger partial charge in [-0.15, -0.1) is 0 Å². The van der Waals surface area contributed by atoms with E-state index in [0.717, 1.165) is 29.7 Å². The highest BCUT2D eigenvalue weighted by Crippen LogP contribution is 2.20. The van der Waals surface area contributed by atoms with E-state index in [9.17, 15) is 22.8 Å². The third-order valence-electron chi connectivity index (χ3n) is 4.74. The molecule has 2 heterocycles. The van der Waals surface area contributed by atoms with Crippen molar-refractivity contribution in [1.29, 1.82) is 0 Å². The Morgan fingerprint density at radius 1 is 1.07 bits per heavy atom. The van der Waals surface area contributed by atoms with Crippen LogP contribution in [-0.2, 0) is 11.2 Å². The third kappa shape index (κ3) is 3.80. The van der Waals surface area contributed by atoms with E-state index in [-0.39, 0.29) is 28.8 Å². The predicted molar refractivity (Wildman–Crippen MR) is 102 cm³/mol. The van der Waals surface area contributed by atoms with Crippen LogP contribution >= 0.6 is 0 Å². The van der Waals surface area contributed by atoms with Gasteiger partial charge in [0.05, 0.1) is 11.8 Å². The van der Waals surface area contributed by atoms with Gasteiger partial charge in [0.2, 0.25) is 11.9 Å². The van der Waals surface area contributed by atoms with E-state index in [1.165, 1.54) is 18.2 Å². The van der Waals surface area contributed by atoms with Crippen LogP contribution in [-0.4, -0.2) is 28.7 Å². The quantitative estimate of drug-likeness (QED) is 0.729. The van der Waals surface area contributed by atoms with Crippen molar-refractivity contribution in [1.82, 2.24) is 9.66 Å². The third-order valence-corrected chi connectivity index (χ3v) is 4.74. The minimum absolute atomic E-state index is 0.0186. The normalized spacial score (nSPS) is 13.8. The first-order valence-corrected chi connectivity index (χ1v) is 9.13. The van der Waals surface area contributed by atoms with E-state index in [1.54, 1.807) is 4.90 Å². The Balaban J connectivity index is 1.73. The van der Waals surface area contributed by atoms with Crippen molar-refractivity contribution in [2.24, 2.45) is 0 Å². The molecule has 0 atom stereocenters. The zero-order chi connectivity index (χ0) is 20.5. The number of benzene rings is 2. The van der Waals surface area contributed by atoms with Gasteiger partial charge in [0, 0.05) is 19.2 Å². The molecule has 0 saturated carbocycles. The number of para-hydroxylation sites is 1. The molecule has 1 saturated heterocycles. The molecule has 29 heavy (non-hydrogen) atoms. The number of anilines is 1. The molecule has 1 N–H and O–H groups in total. The highest BCUT2D eigenvalue weighted by Gasteiger charge is 2.22. The number of fused-ring (bicyclic) bond motifs is 1. The van der Waals surface area contributed by atoms with Gasteiger partial charge in [-0.2, -0.15) is 4.68 Å². The molecular formula is C20H17F3N4O2. The largest absolute Gasteiger partial charge is 0.341 e. The minimum atomic E-state index is -0.800. The summed E-state index contributed by atoms with van der Waals surface area (Å²) in [5.74, 6) is -2.76. The molecule has 9 heteroatoms. The maximum Gasteiger partial charge on any atom is 0.281 e. The molecule has 0 radical (unpaired) electrons.